The van der Waals surface area contributed by atoms with Gasteiger partial charge in [0.2, 0.25) is 17.6 Å². The van der Waals surface area contributed by atoms with Crippen molar-refractivity contribution >= 4 is 22.8 Å². The predicted octanol–water partition coefficient (Wildman–Crippen LogP) is 3.66. The largest absolute Gasteiger partial charge is 0.465 e. The summed E-state index contributed by atoms with van der Waals surface area (Å²) in [5.41, 5.74) is 4.15. The SMILES string of the molecule is COC(=O)c1ccc2[nH]c3c(c2c1)CN(C(=O)CCc1nc(-c2ccc(F)cc2)no1)CC3. The summed E-state index contributed by atoms with van der Waals surface area (Å²) in [5.74, 6) is -0.0271. The Hall–Kier alpha value is -4.01. The molecule has 4 aromatic rings. The summed E-state index contributed by atoms with van der Waals surface area (Å²) >= 11 is 0. The number of ether oxygens (including phenoxy) is 1. The minimum Gasteiger partial charge on any atom is -0.465 e. The molecule has 1 N–H and O–H groups in total. The first-order valence-electron chi connectivity index (χ1n) is 10.6. The lowest BCUT2D eigenvalue weighted by Gasteiger charge is -2.27. The zero-order valence-electron chi connectivity index (χ0n) is 17.9. The maximum absolute atomic E-state index is 13.1. The van der Waals surface area contributed by atoms with E-state index in [1.807, 2.05) is 6.07 Å². The Kier molecular flexibility index (Phi) is 5.37. The fourth-order valence-corrected chi connectivity index (χ4v) is 4.12. The summed E-state index contributed by atoms with van der Waals surface area (Å²) in [7, 11) is 1.35. The highest BCUT2D eigenvalue weighted by molar-refractivity contribution is 5.96. The molecule has 0 unspecified atom stereocenters. The van der Waals surface area contributed by atoms with E-state index in [1.165, 1.54) is 19.2 Å². The molecule has 168 valence electrons. The first kappa shape index (κ1) is 20.9. The number of fused-ring (bicyclic) bond motifs is 3. The highest BCUT2D eigenvalue weighted by Crippen LogP contribution is 2.29. The maximum atomic E-state index is 13.1. The van der Waals surface area contributed by atoms with Crippen molar-refractivity contribution in [3.63, 3.8) is 0 Å². The Balaban J connectivity index is 1.26. The molecular weight excluding hydrogens is 427 g/mol. The molecule has 0 aliphatic carbocycles. The predicted molar refractivity (Wildman–Crippen MR) is 117 cm³/mol. The van der Waals surface area contributed by atoms with Gasteiger partial charge in [-0.25, -0.2) is 9.18 Å². The summed E-state index contributed by atoms with van der Waals surface area (Å²) in [5, 5.41) is 4.84. The van der Waals surface area contributed by atoms with Crippen LogP contribution < -0.4 is 0 Å². The molecule has 1 aliphatic rings. The summed E-state index contributed by atoms with van der Waals surface area (Å²) in [4.78, 5) is 34.3. The number of amides is 1. The lowest BCUT2D eigenvalue weighted by atomic mass is 10.0. The quantitative estimate of drug-likeness (QED) is 0.468. The molecule has 9 heteroatoms. The van der Waals surface area contributed by atoms with Gasteiger partial charge in [-0.15, -0.1) is 0 Å². The van der Waals surface area contributed by atoms with Gasteiger partial charge in [-0.3, -0.25) is 4.79 Å². The lowest BCUT2D eigenvalue weighted by molar-refractivity contribution is -0.132. The molecular formula is C24H21FN4O4. The monoisotopic (exact) mass is 448 g/mol. The van der Waals surface area contributed by atoms with Crippen LogP contribution in [-0.2, 0) is 28.9 Å². The van der Waals surface area contributed by atoms with Crippen molar-refractivity contribution < 1.29 is 23.2 Å². The molecule has 1 amide bonds. The number of aromatic amines is 1. The second-order valence-electron chi connectivity index (χ2n) is 7.92. The van der Waals surface area contributed by atoms with E-state index in [0.717, 1.165) is 22.2 Å². The third-order valence-corrected chi connectivity index (χ3v) is 5.87. The van der Waals surface area contributed by atoms with Crippen LogP contribution in [-0.4, -0.2) is 45.6 Å². The number of hydrogen-bond donors (Lipinski definition) is 1. The Bertz CT molecular complexity index is 1340. The van der Waals surface area contributed by atoms with Gasteiger partial charge < -0.3 is 19.1 Å². The molecule has 0 bridgehead atoms. The average molecular weight is 448 g/mol. The number of H-pyrrole nitrogens is 1. The molecule has 0 atom stereocenters. The molecule has 0 radical (unpaired) electrons. The van der Waals surface area contributed by atoms with E-state index >= 15 is 0 Å². The number of nitrogens with one attached hydrogen (secondary N) is 1. The second-order valence-corrected chi connectivity index (χ2v) is 7.92. The number of hydrogen-bond acceptors (Lipinski definition) is 6. The summed E-state index contributed by atoms with van der Waals surface area (Å²) in [6, 6.07) is 11.2. The standard InChI is InChI=1S/C24H21FN4O4/c1-32-24(31)15-4-7-19-17(12-15)18-13-29(11-10-20(18)26-19)22(30)9-8-21-27-23(28-33-21)14-2-5-16(25)6-3-14/h2-7,12,26H,8-11,13H2,1H3. The van der Waals surface area contributed by atoms with Crippen molar-refractivity contribution in [1.82, 2.24) is 20.0 Å². The first-order chi connectivity index (χ1) is 16.0. The van der Waals surface area contributed by atoms with Crippen LogP contribution in [0.5, 0.6) is 0 Å². The molecule has 3 heterocycles. The molecule has 0 saturated heterocycles. The number of carbonyl (C=O) groups excluding carboxylic acids is 2. The number of benzene rings is 2. The zero-order valence-corrected chi connectivity index (χ0v) is 17.9. The van der Waals surface area contributed by atoms with Gasteiger partial charge >= 0.3 is 5.97 Å². The van der Waals surface area contributed by atoms with E-state index in [9.17, 15) is 14.0 Å². The van der Waals surface area contributed by atoms with Crippen LogP contribution >= 0.6 is 0 Å². The van der Waals surface area contributed by atoms with Crippen molar-refractivity contribution in [2.75, 3.05) is 13.7 Å². The molecule has 1 aliphatic heterocycles. The number of nitrogens with zero attached hydrogens (tertiary/aromatic N) is 3. The van der Waals surface area contributed by atoms with Crippen molar-refractivity contribution in [2.45, 2.75) is 25.8 Å². The summed E-state index contributed by atoms with van der Waals surface area (Å²) < 4.78 is 23.2. The second kappa shape index (κ2) is 8.50. The van der Waals surface area contributed by atoms with Crippen molar-refractivity contribution in [2.24, 2.45) is 0 Å². The normalized spacial score (nSPS) is 13.2. The van der Waals surface area contributed by atoms with E-state index in [4.69, 9.17) is 9.26 Å². The van der Waals surface area contributed by atoms with Crippen LogP contribution in [0, 0.1) is 5.82 Å². The Morgan fingerprint density at radius 1 is 1.21 bits per heavy atom. The number of carbonyl (C=O) groups is 2. The number of esters is 1. The molecule has 2 aromatic heterocycles. The highest BCUT2D eigenvalue weighted by atomic mass is 19.1. The minimum absolute atomic E-state index is 0.0133. The molecule has 2 aromatic carbocycles. The molecule has 8 nitrogen and oxygen atoms in total. The van der Waals surface area contributed by atoms with E-state index in [2.05, 4.69) is 15.1 Å². The van der Waals surface area contributed by atoms with Gasteiger partial charge in [-0.1, -0.05) is 5.16 Å². The molecule has 33 heavy (non-hydrogen) atoms. The van der Waals surface area contributed by atoms with E-state index in [0.29, 0.717) is 48.8 Å². The van der Waals surface area contributed by atoms with Crippen LogP contribution in [0.3, 0.4) is 0 Å². The molecule has 0 fully saturated rings. The number of rotatable bonds is 5. The van der Waals surface area contributed by atoms with Gasteiger partial charge in [-0.05, 0) is 42.5 Å². The summed E-state index contributed by atoms with van der Waals surface area (Å²) in [6.07, 6.45) is 1.26. The zero-order chi connectivity index (χ0) is 22.9. The van der Waals surface area contributed by atoms with Crippen molar-refractivity contribution in [3.8, 4) is 11.4 Å². The van der Waals surface area contributed by atoms with Gasteiger partial charge in [0.1, 0.15) is 5.82 Å². The van der Waals surface area contributed by atoms with Crippen LogP contribution in [0.1, 0.15) is 33.9 Å². The van der Waals surface area contributed by atoms with Crippen LogP contribution in [0.15, 0.2) is 47.0 Å². The number of methoxy groups -OCH3 is 1. The maximum Gasteiger partial charge on any atom is 0.337 e. The average Bonchev–Trinajstić information content (AvgIpc) is 3.46. The van der Waals surface area contributed by atoms with E-state index < -0.39 is 5.97 Å². The smallest absolute Gasteiger partial charge is 0.337 e. The highest BCUT2D eigenvalue weighted by Gasteiger charge is 2.25. The Morgan fingerprint density at radius 3 is 2.82 bits per heavy atom. The number of halogens is 1. The fraction of sp³-hybridized carbons (Fsp3) is 0.250. The topological polar surface area (TPSA) is 101 Å². The first-order valence-corrected chi connectivity index (χ1v) is 10.6. The number of aromatic nitrogens is 3. The Labute approximate surface area is 188 Å². The van der Waals surface area contributed by atoms with Gasteiger partial charge in [0.05, 0.1) is 12.7 Å². The lowest BCUT2D eigenvalue weighted by Crippen LogP contribution is -2.35. The van der Waals surface area contributed by atoms with E-state index in [1.54, 1.807) is 29.2 Å². The molecule has 0 saturated carbocycles. The van der Waals surface area contributed by atoms with Crippen LogP contribution in [0.2, 0.25) is 0 Å². The van der Waals surface area contributed by atoms with Crippen LogP contribution in [0.4, 0.5) is 4.39 Å². The summed E-state index contributed by atoms with van der Waals surface area (Å²) in [6.45, 7) is 1.07. The fourth-order valence-electron chi connectivity index (χ4n) is 4.12. The van der Waals surface area contributed by atoms with Gasteiger partial charge in [0.25, 0.3) is 0 Å². The molecule has 0 spiro atoms. The van der Waals surface area contributed by atoms with Gasteiger partial charge in [0, 0.05) is 60.1 Å². The van der Waals surface area contributed by atoms with Crippen LogP contribution in [0.25, 0.3) is 22.3 Å². The third-order valence-electron chi connectivity index (χ3n) is 5.87. The van der Waals surface area contributed by atoms with Crippen molar-refractivity contribution in [3.05, 3.63) is 71.0 Å². The van der Waals surface area contributed by atoms with E-state index in [-0.39, 0.29) is 18.1 Å². The minimum atomic E-state index is -0.393. The van der Waals surface area contributed by atoms with Gasteiger partial charge in [-0.2, -0.15) is 4.98 Å². The number of aryl methyl sites for hydroxylation is 1. The third kappa shape index (κ3) is 4.09. The Morgan fingerprint density at radius 2 is 2.03 bits per heavy atom. The van der Waals surface area contributed by atoms with Gasteiger partial charge in [0.15, 0.2) is 0 Å². The van der Waals surface area contributed by atoms with Crippen molar-refractivity contribution in [1.29, 1.82) is 0 Å². The molecule has 5 rings (SSSR count).